The van der Waals surface area contributed by atoms with Gasteiger partial charge >= 0.3 is 5.76 Å². The van der Waals surface area contributed by atoms with Gasteiger partial charge in [-0.05, 0) is 12.1 Å². The van der Waals surface area contributed by atoms with Crippen molar-refractivity contribution in [3.8, 4) is 0 Å². The molecule has 2 rings (SSSR count). The lowest BCUT2D eigenvalue weighted by molar-refractivity contribution is -0.123. The summed E-state index contributed by atoms with van der Waals surface area (Å²) in [5.41, 5.74) is 1.11. The average molecular weight is 221 g/mol. The van der Waals surface area contributed by atoms with Gasteiger partial charge in [-0.1, -0.05) is 12.1 Å². The van der Waals surface area contributed by atoms with Crippen LogP contribution in [0.2, 0.25) is 0 Å². The van der Waals surface area contributed by atoms with Gasteiger partial charge in [-0.15, -0.1) is 0 Å². The number of methoxy groups -OCH3 is 1. The van der Waals surface area contributed by atoms with Crippen molar-refractivity contribution in [3.05, 3.63) is 34.8 Å². The molecule has 0 N–H and O–H groups in total. The third-order valence-electron chi connectivity index (χ3n) is 2.21. The molecule has 0 aliphatic rings. The molecule has 2 aromatic rings. The zero-order valence-corrected chi connectivity index (χ0v) is 8.80. The second-order valence-electron chi connectivity index (χ2n) is 3.39. The van der Waals surface area contributed by atoms with Crippen molar-refractivity contribution in [2.24, 2.45) is 0 Å². The number of hydrogen-bond donors (Lipinski definition) is 0. The van der Waals surface area contributed by atoms with E-state index in [9.17, 15) is 9.59 Å². The summed E-state index contributed by atoms with van der Waals surface area (Å²) in [6.07, 6.45) is 0. The Morgan fingerprint density at radius 3 is 2.94 bits per heavy atom. The quantitative estimate of drug-likeness (QED) is 0.766. The van der Waals surface area contributed by atoms with Crippen LogP contribution < -0.4 is 5.76 Å². The van der Waals surface area contributed by atoms with Gasteiger partial charge in [0.25, 0.3) is 0 Å². The van der Waals surface area contributed by atoms with E-state index in [1.54, 1.807) is 24.3 Å². The molecule has 0 fully saturated rings. The lowest BCUT2D eigenvalue weighted by atomic mass is 10.3. The molecule has 0 spiro atoms. The van der Waals surface area contributed by atoms with Crippen LogP contribution in [0.4, 0.5) is 0 Å². The van der Waals surface area contributed by atoms with Gasteiger partial charge in [0.05, 0.1) is 12.1 Å². The summed E-state index contributed by atoms with van der Waals surface area (Å²) in [5.74, 6) is -0.693. The Morgan fingerprint density at radius 1 is 1.44 bits per heavy atom. The Bertz CT molecular complexity index is 567. The molecular weight excluding hydrogens is 210 g/mol. The van der Waals surface area contributed by atoms with Crippen molar-refractivity contribution >= 4 is 16.9 Å². The number of ketones is 1. The molecule has 0 unspecified atom stereocenters. The van der Waals surface area contributed by atoms with E-state index < -0.39 is 5.76 Å². The highest BCUT2D eigenvalue weighted by Crippen LogP contribution is 2.11. The topological polar surface area (TPSA) is 61.4 Å². The number of aromatic nitrogens is 1. The lowest BCUT2D eigenvalue weighted by Crippen LogP contribution is -2.22. The Morgan fingerprint density at radius 2 is 2.19 bits per heavy atom. The summed E-state index contributed by atoms with van der Waals surface area (Å²) in [6.45, 7) is -0.0321. The molecule has 1 aromatic carbocycles. The van der Waals surface area contributed by atoms with Gasteiger partial charge in [0.15, 0.2) is 11.4 Å². The highest BCUT2D eigenvalue weighted by molar-refractivity contribution is 5.81. The highest BCUT2D eigenvalue weighted by atomic mass is 16.5. The number of carbonyl (C=O) groups is 1. The monoisotopic (exact) mass is 221 g/mol. The summed E-state index contributed by atoms with van der Waals surface area (Å²) in [7, 11) is 1.44. The molecule has 0 atom stereocenters. The molecule has 0 amide bonds. The van der Waals surface area contributed by atoms with Gasteiger partial charge < -0.3 is 9.15 Å². The zero-order valence-electron chi connectivity index (χ0n) is 8.80. The van der Waals surface area contributed by atoms with E-state index in [1.165, 1.54) is 11.7 Å². The summed E-state index contributed by atoms with van der Waals surface area (Å²) < 4.78 is 11.0. The third kappa shape index (κ3) is 1.90. The largest absolute Gasteiger partial charge is 0.420 e. The number of benzene rings is 1. The average Bonchev–Trinajstić information content (AvgIpc) is 2.56. The lowest BCUT2D eigenvalue weighted by Gasteiger charge is -2.00. The van der Waals surface area contributed by atoms with Crippen LogP contribution in [0.5, 0.6) is 0 Å². The van der Waals surface area contributed by atoms with E-state index in [2.05, 4.69) is 0 Å². The minimum atomic E-state index is -0.523. The smallest absolute Gasteiger partial charge is 0.408 e. The normalized spacial score (nSPS) is 10.8. The predicted octanol–water partition coefficient (Wildman–Crippen LogP) is 0.810. The summed E-state index contributed by atoms with van der Waals surface area (Å²) in [5, 5.41) is 0. The highest BCUT2D eigenvalue weighted by Gasteiger charge is 2.11. The van der Waals surface area contributed by atoms with Crippen LogP contribution in [-0.2, 0) is 16.1 Å². The van der Waals surface area contributed by atoms with E-state index in [0.717, 1.165) is 0 Å². The fourth-order valence-corrected chi connectivity index (χ4v) is 1.55. The number of Topliss-reactive ketones (excluding diaryl/α,β-unsaturated/α-hetero) is 1. The second kappa shape index (κ2) is 4.32. The first kappa shape index (κ1) is 10.6. The molecule has 16 heavy (non-hydrogen) atoms. The molecule has 1 aromatic heterocycles. The van der Waals surface area contributed by atoms with E-state index in [0.29, 0.717) is 11.1 Å². The van der Waals surface area contributed by atoms with Crippen LogP contribution in [-0.4, -0.2) is 24.1 Å². The summed E-state index contributed by atoms with van der Waals surface area (Å²) in [4.78, 5) is 22.9. The molecular formula is C11H11NO4. The third-order valence-corrected chi connectivity index (χ3v) is 2.21. The maximum atomic E-state index is 11.5. The van der Waals surface area contributed by atoms with Crippen molar-refractivity contribution in [1.29, 1.82) is 0 Å². The maximum absolute atomic E-state index is 11.5. The first-order valence-corrected chi connectivity index (χ1v) is 4.81. The maximum Gasteiger partial charge on any atom is 0.420 e. The fraction of sp³-hybridized carbons (Fsp3) is 0.273. The van der Waals surface area contributed by atoms with Crippen LogP contribution in [0.15, 0.2) is 33.5 Å². The van der Waals surface area contributed by atoms with Gasteiger partial charge in [0.1, 0.15) is 6.61 Å². The van der Waals surface area contributed by atoms with Crippen LogP contribution in [0, 0.1) is 0 Å². The van der Waals surface area contributed by atoms with Crippen LogP contribution in [0.1, 0.15) is 0 Å². The SMILES string of the molecule is COCC(=O)Cn1c(=O)oc2ccccc21. The first-order chi connectivity index (χ1) is 7.72. The molecule has 0 radical (unpaired) electrons. The second-order valence-corrected chi connectivity index (χ2v) is 3.39. The van der Waals surface area contributed by atoms with Gasteiger partial charge in [-0.2, -0.15) is 0 Å². The molecule has 0 saturated heterocycles. The van der Waals surface area contributed by atoms with E-state index in [4.69, 9.17) is 9.15 Å². The molecule has 5 heteroatoms. The van der Waals surface area contributed by atoms with Gasteiger partial charge in [-0.25, -0.2) is 4.79 Å². The number of fused-ring (bicyclic) bond motifs is 1. The Hall–Kier alpha value is -1.88. The summed E-state index contributed by atoms with van der Waals surface area (Å²) >= 11 is 0. The van der Waals surface area contributed by atoms with Gasteiger partial charge in [-0.3, -0.25) is 9.36 Å². The molecule has 5 nitrogen and oxygen atoms in total. The van der Waals surface area contributed by atoms with Crippen molar-refractivity contribution < 1.29 is 13.9 Å². The molecule has 84 valence electrons. The number of rotatable bonds is 4. The fourth-order valence-electron chi connectivity index (χ4n) is 1.55. The number of hydrogen-bond acceptors (Lipinski definition) is 4. The predicted molar refractivity (Wildman–Crippen MR) is 57.4 cm³/mol. The minimum absolute atomic E-state index is 0.00799. The van der Waals surface area contributed by atoms with Gasteiger partial charge in [0.2, 0.25) is 0 Å². The number of ether oxygens (including phenoxy) is 1. The van der Waals surface area contributed by atoms with Crippen LogP contribution >= 0.6 is 0 Å². The first-order valence-electron chi connectivity index (χ1n) is 4.81. The molecule has 0 saturated carbocycles. The molecule has 0 aliphatic carbocycles. The Kier molecular flexibility index (Phi) is 2.87. The van der Waals surface area contributed by atoms with Crippen molar-refractivity contribution in [2.75, 3.05) is 13.7 Å². The summed E-state index contributed by atoms with van der Waals surface area (Å²) in [6, 6.07) is 6.98. The number of para-hydroxylation sites is 2. The van der Waals surface area contributed by atoms with E-state index in [-0.39, 0.29) is 18.9 Å². The van der Waals surface area contributed by atoms with Crippen LogP contribution in [0.25, 0.3) is 11.1 Å². The standard InChI is InChI=1S/C11H11NO4/c1-15-7-8(13)6-12-9-4-2-3-5-10(9)16-11(12)14/h2-5H,6-7H2,1H3. The number of oxazole rings is 1. The van der Waals surface area contributed by atoms with Crippen molar-refractivity contribution in [2.45, 2.75) is 6.54 Å². The number of carbonyl (C=O) groups excluding carboxylic acids is 1. The van der Waals surface area contributed by atoms with Crippen molar-refractivity contribution in [1.82, 2.24) is 4.57 Å². The molecule has 1 heterocycles. The van der Waals surface area contributed by atoms with Gasteiger partial charge in [0, 0.05) is 7.11 Å². The van der Waals surface area contributed by atoms with Crippen molar-refractivity contribution in [3.63, 3.8) is 0 Å². The van der Waals surface area contributed by atoms with E-state index >= 15 is 0 Å². The van der Waals surface area contributed by atoms with Crippen LogP contribution in [0.3, 0.4) is 0 Å². The zero-order chi connectivity index (χ0) is 11.5. The Balaban J connectivity index is 2.40. The minimum Gasteiger partial charge on any atom is -0.408 e. The van der Waals surface area contributed by atoms with E-state index in [1.807, 2.05) is 0 Å². The molecule has 0 bridgehead atoms. The molecule has 0 aliphatic heterocycles. The number of nitrogens with zero attached hydrogens (tertiary/aromatic N) is 1. The Labute approximate surface area is 91.2 Å².